The van der Waals surface area contributed by atoms with Gasteiger partial charge in [-0.15, -0.1) is 0 Å². The quantitative estimate of drug-likeness (QED) is 0.663. The van der Waals surface area contributed by atoms with Gasteiger partial charge in [-0.05, 0) is 24.3 Å². The molecule has 1 rings (SSSR count). The Labute approximate surface area is 67.1 Å². The van der Waals surface area contributed by atoms with E-state index in [2.05, 4.69) is 0 Å². The second-order valence-electron chi connectivity index (χ2n) is 1.89. The number of ether oxygens (including phenoxy) is 1. The van der Waals surface area contributed by atoms with Crippen LogP contribution in [-0.4, -0.2) is 13.4 Å². The molecule has 0 saturated heterocycles. The fraction of sp³-hybridized carbons (Fsp3) is 0.125. The van der Waals surface area contributed by atoms with Crippen LogP contribution < -0.4 is 10.9 Å². The minimum atomic E-state index is 0. The van der Waals surface area contributed by atoms with Crippen LogP contribution in [0.2, 0.25) is 0 Å². The fourth-order valence-corrected chi connectivity index (χ4v) is 0.682. The van der Waals surface area contributed by atoms with Crippen molar-refractivity contribution in [2.75, 3.05) is 7.11 Å². The molecule has 0 bridgehead atoms. The van der Waals surface area contributed by atoms with E-state index < -0.39 is 0 Å². The Morgan fingerprint density at radius 2 is 1.91 bits per heavy atom. The summed E-state index contributed by atoms with van der Waals surface area (Å²) in [5.74, 6) is 0.769. The molecule has 0 unspecified atom stereocenters. The molecule has 0 heterocycles. The number of aldehydes is 1. The average molecular weight is 155 g/mol. The molecule has 0 saturated carbocycles. The zero-order valence-corrected chi connectivity index (χ0v) is 6.41. The van der Waals surface area contributed by atoms with Crippen molar-refractivity contribution in [1.82, 2.24) is 6.15 Å². The lowest BCUT2D eigenvalue weighted by Crippen LogP contribution is -1.82. The van der Waals surface area contributed by atoms with Crippen LogP contribution in [0.4, 0.5) is 0 Å². The number of hydrogen-bond acceptors (Lipinski definition) is 3. The Morgan fingerprint density at radius 3 is 2.27 bits per heavy atom. The second-order valence-corrected chi connectivity index (χ2v) is 1.89. The van der Waals surface area contributed by atoms with E-state index in [0.717, 1.165) is 12.0 Å². The molecule has 1 aromatic carbocycles. The van der Waals surface area contributed by atoms with Crippen LogP contribution in [0.3, 0.4) is 0 Å². The molecule has 3 nitrogen and oxygen atoms in total. The number of methoxy groups -OCH3 is 1. The molecular formula is C8H13NO2. The summed E-state index contributed by atoms with van der Waals surface area (Å²) in [7, 11) is 1.59. The third-order valence-corrected chi connectivity index (χ3v) is 1.25. The Bertz CT molecular complexity index is 223. The highest BCUT2D eigenvalue weighted by Crippen LogP contribution is 2.09. The molecule has 0 aliphatic carbocycles. The van der Waals surface area contributed by atoms with Crippen molar-refractivity contribution >= 4 is 6.29 Å². The molecule has 0 amide bonds. The number of carbonyl (C=O) groups is 1. The van der Waals surface area contributed by atoms with Gasteiger partial charge in [0.2, 0.25) is 0 Å². The first-order chi connectivity index (χ1) is 4.86. The minimum absolute atomic E-state index is 0. The fourth-order valence-electron chi connectivity index (χ4n) is 0.682. The summed E-state index contributed by atoms with van der Waals surface area (Å²) in [6.45, 7) is 0. The number of carbonyl (C=O) groups excluding carboxylic acids is 1. The van der Waals surface area contributed by atoms with Crippen LogP contribution in [0.5, 0.6) is 5.75 Å². The standard InChI is InChI=1S/C8H8O2.H3N.H2/c1-10-8-4-2-7(6-9)3-5-8;;/h2-6H,1H3;1H3;1H. The van der Waals surface area contributed by atoms with Gasteiger partial charge in [0.15, 0.2) is 0 Å². The highest BCUT2D eigenvalue weighted by molar-refractivity contribution is 5.74. The van der Waals surface area contributed by atoms with Gasteiger partial charge in [0, 0.05) is 6.99 Å². The third-order valence-electron chi connectivity index (χ3n) is 1.25. The topological polar surface area (TPSA) is 61.3 Å². The van der Waals surface area contributed by atoms with Gasteiger partial charge in [-0.3, -0.25) is 4.79 Å². The summed E-state index contributed by atoms with van der Waals surface area (Å²) >= 11 is 0. The Balaban J connectivity index is 0. The molecule has 3 N–H and O–H groups in total. The maximum Gasteiger partial charge on any atom is 0.150 e. The maximum atomic E-state index is 10.2. The van der Waals surface area contributed by atoms with Crippen molar-refractivity contribution < 1.29 is 11.0 Å². The summed E-state index contributed by atoms with van der Waals surface area (Å²) in [5.41, 5.74) is 0.667. The van der Waals surface area contributed by atoms with Crippen LogP contribution in [0.25, 0.3) is 0 Å². The van der Waals surface area contributed by atoms with Gasteiger partial charge in [-0.1, -0.05) is 0 Å². The van der Waals surface area contributed by atoms with Crippen LogP contribution in [0.15, 0.2) is 24.3 Å². The number of benzene rings is 1. The summed E-state index contributed by atoms with van der Waals surface area (Å²) in [5, 5.41) is 0. The first-order valence-electron chi connectivity index (χ1n) is 2.96. The van der Waals surface area contributed by atoms with Crippen molar-refractivity contribution in [3.63, 3.8) is 0 Å². The van der Waals surface area contributed by atoms with Gasteiger partial charge in [0.05, 0.1) is 7.11 Å². The zero-order valence-electron chi connectivity index (χ0n) is 6.41. The molecule has 0 fully saturated rings. The maximum absolute atomic E-state index is 10.2. The van der Waals surface area contributed by atoms with E-state index in [1.165, 1.54) is 0 Å². The molecule has 3 heteroatoms. The number of rotatable bonds is 2. The molecule has 62 valence electrons. The van der Waals surface area contributed by atoms with Crippen molar-refractivity contribution in [2.24, 2.45) is 0 Å². The second kappa shape index (κ2) is 4.46. The van der Waals surface area contributed by atoms with Crippen LogP contribution in [-0.2, 0) is 0 Å². The lowest BCUT2D eigenvalue weighted by molar-refractivity contribution is 0.112. The van der Waals surface area contributed by atoms with Gasteiger partial charge < -0.3 is 10.9 Å². The lowest BCUT2D eigenvalue weighted by atomic mass is 10.2. The first kappa shape index (κ1) is 9.65. The third kappa shape index (κ3) is 2.39. The summed E-state index contributed by atoms with van der Waals surface area (Å²) in [6.07, 6.45) is 0.805. The highest BCUT2D eigenvalue weighted by Gasteiger charge is 1.89. The van der Waals surface area contributed by atoms with Gasteiger partial charge >= 0.3 is 0 Å². The molecule has 1 aromatic rings. The van der Waals surface area contributed by atoms with Crippen LogP contribution in [0.1, 0.15) is 11.8 Å². The normalized spacial score (nSPS) is 8.09. The molecule has 0 aliphatic rings. The van der Waals surface area contributed by atoms with E-state index in [1.807, 2.05) is 0 Å². The molecule has 0 aliphatic heterocycles. The monoisotopic (exact) mass is 155 g/mol. The molecule has 0 radical (unpaired) electrons. The van der Waals surface area contributed by atoms with Crippen LogP contribution in [0, 0.1) is 0 Å². The summed E-state index contributed by atoms with van der Waals surface area (Å²) < 4.78 is 4.90. The van der Waals surface area contributed by atoms with E-state index in [1.54, 1.807) is 31.4 Å². The van der Waals surface area contributed by atoms with Crippen molar-refractivity contribution in [2.45, 2.75) is 0 Å². The molecule has 0 spiro atoms. The largest absolute Gasteiger partial charge is 0.497 e. The van der Waals surface area contributed by atoms with E-state index >= 15 is 0 Å². The Kier molecular flexibility index (Phi) is 3.92. The van der Waals surface area contributed by atoms with E-state index in [9.17, 15) is 4.79 Å². The van der Waals surface area contributed by atoms with Crippen molar-refractivity contribution in [3.8, 4) is 5.75 Å². The van der Waals surface area contributed by atoms with Gasteiger partial charge in [-0.2, -0.15) is 0 Å². The summed E-state index contributed by atoms with van der Waals surface area (Å²) in [6, 6.07) is 6.94. The predicted molar refractivity (Wildman–Crippen MR) is 45.5 cm³/mol. The van der Waals surface area contributed by atoms with Gasteiger partial charge in [0.25, 0.3) is 0 Å². The predicted octanol–water partition coefficient (Wildman–Crippen LogP) is 1.92. The first-order valence-corrected chi connectivity index (χ1v) is 2.96. The highest BCUT2D eigenvalue weighted by atomic mass is 16.5. The van der Waals surface area contributed by atoms with Crippen molar-refractivity contribution in [3.05, 3.63) is 29.8 Å². The number of hydrogen-bond donors (Lipinski definition) is 1. The van der Waals surface area contributed by atoms with Gasteiger partial charge in [-0.25, -0.2) is 0 Å². The molecular weight excluding hydrogens is 142 g/mol. The summed E-state index contributed by atoms with van der Waals surface area (Å²) in [4.78, 5) is 10.2. The van der Waals surface area contributed by atoms with Gasteiger partial charge in [0.1, 0.15) is 12.0 Å². The molecule has 0 atom stereocenters. The minimum Gasteiger partial charge on any atom is -0.497 e. The zero-order chi connectivity index (χ0) is 7.40. The van der Waals surface area contributed by atoms with Crippen LogP contribution >= 0.6 is 0 Å². The lowest BCUT2D eigenvalue weighted by Gasteiger charge is -1.96. The molecule has 11 heavy (non-hydrogen) atoms. The molecule has 0 aromatic heterocycles. The Morgan fingerprint density at radius 1 is 1.36 bits per heavy atom. The Hall–Kier alpha value is -1.35. The van der Waals surface area contributed by atoms with E-state index in [4.69, 9.17) is 4.74 Å². The van der Waals surface area contributed by atoms with E-state index in [0.29, 0.717) is 5.56 Å². The smallest absolute Gasteiger partial charge is 0.150 e. The average Bonchev–Trinajstić information content (AvgIpc) is 2.05. The van der Waals surface area contributed by atoms with Crippen molar-refractivity contribution in [1.29, 1.82) is 0 Å². The van der Waals surface area contributed by atoms with E-state index in [-0.39, 0.29) is 7.58 Å². The SMILES string of the molecule is COc1ccc(C=O)cc1.N.[HH].